The molecular formula is C12H24N2O3S. The maximum absolute atomic E-state index is 11.5. The van der Waals surface area contributed by atoms with Gasteiger partial charge in [-0.25, -0.2) is 12.7 Å². The summed E-state index contributed by atoms with van der Waals surface area (Å²) in [7, 11) is -3.03. The maximum Gasteiger partial charge on any atom is 0.211 e. The summed E-state index contributed by atoms with van der Waals surface area (Å²) in [5.41, 5.74) is 0. The number of hydrogen-bond donors (Lipinski definition) is 2. The Kier molecular flexibility index (Phi) is 4.64. The third kappa shape index (κ3) is 3.91. The SMILES string of the molecule is CS(=O)(=O)N1CCCC(CNCC2CC(O)C2)C1. The largest absolute Gasteiger partial charge is 0.393 e. The van der Waals surface area contributed by atoms with Crippen LogP contribution in [0.3, 0.4) is 0 Å². The van der Waals surface area contributed by atoms with Crippen molar-refractivity contribution in [2.75, 3.05) is 32.4 Å². The molecule has 0 aromatic rings. The van der Waals surface area contributed by atoms with E-state index in [9.17, 15) is 13.5 Å². The molecular weight excluding hydrogens is 252 g/mol. The first-order valence-corrected chi connectivity index (χ1v) is 8.64. The highest BCUT2D eigenvalue weighted by Crippen LogP contribution is 2.26. The number of rotatable bonds is 5. The minimum absolute atomic E-state index is 0.0905. The first-order chi connectivity index (χ1) is 8.45. The van der Waals surface area contributed by atoms with Crippen molar-refractivity contribution in [3.8, 4) is 0 Å². The molecule has 106 valence electrons. The van der Waals surface area contributed by atoms with Gasteiger partial charge in [0.15, 0.2) is 0 Å². The van der Waals surface area contributed by atoms with Crippen molar-refractivity contribution in [2.45, 2.75) is 31.8 Å². The topological polar surface area (TPSA) is 69.6 Å². The van der Waals surface area contributed by atoms with Crippen molar-refractivity contribution in [2.24, 2.45) is 11.8 Å². The van der Waals surface area contributed by atoms with Crippen LogP contribution in [0.15, 0.2) is 0 Å². The van der Waals surface area contributed by atoms with E-state index in [4.69, 9.17) is 0 Å². The first kappa shape index (κ1) is 14.2. The highest BCUT2D eigenvalue weighted by atomic mass is 32.2. The Morgan fingerprint density at radius 1 is 1.28 bits per heavy atom. The number of piperidine rings is 1. The van der Waals surface area contributed by atoms with Gasteiger partial charge in [0.05, 0.1) is 12.4 Å². The lowest BCUT2D eigenvalue weighted by atomic mass is 9.82. The van der Waals surface area contributed by atoms with Gasteiger partial charge in [0, 0.05) is 13.1 Å². The van der Waals surface area contributed by atoms with Gasteiger partial charge in [-0.1, -0.05) is 0 Å². The summed E-state index contributed by atoms with van der Waals surface area (Å²) in [6.45, 7) is 3.16. The van der Waals surface area contributed by atoms with Crippen LogP contribution in [-0.4, -0.2) is 56.4 Å². The second kappa shape index (κ2) is 5.86. The minimum Gasteiger partial charge on any atom is -0.393 e. The van der Waals surface area contributed by atoms with Gasteiger partial charge < -0.3 is 10.4 Å². The standard InChI is InChI=1S/C12H24N2O3S/c1-18(16,17)14-4-2-3-10(9-14)7-13-8-11-5-12(15)6-11/h10-13,15H,2-9H2,1H3. The molecule has 0 amide bonds. The predicted octanol–water partition coefficient (Wildman–Crippen LogP) is 0.0185. The molecule has 2 aliphatic rings. The number of aliphatic hydroxyl groups excluding tert-OH is 1. The van der Waals surface area contributed by atoms with Crippen LogP contribution in [0.1, 0.15) is 25.7 Å². The Morgan fingerprint density at radius 2 is 1.94 bits per heavy atom. The van der Waals surface area contributed by atoms with Crippen LogP contribution in [0.4, 0.5) is 0 Å². The summed E-state index contributed by atoms with van der Waals surface area (Å²) in [5.74, 6) is 1.04. The lowest BCUT2D eigenvalue weighted by Gasteiger charge is -2.34. The van der Waals surface area contributed by atoms with E-state index < -0.39 is 10.0 Å². The normalized spacial score (nSPS) is 34.2. The zero-order chi connectivity index (χ0) is 13.2. The van der Waals surface area contributed by atoms with Crippen LogP contribution in [0.2, 0.25) is 0 Å². The van der Waals surface area contributed by atoms with E-state index in [0.29, 0.717) is 24.9 Å². The molecule has 2 N–H and O–H groups in total. The van der Waals surface area contributed by atoms with E-state index in [1.165, 1.54) is 6.26 Å². The van der Waals surface area contributed by atoms with Gasteiger partial charge in [-0.05, 0) is 50.6 Å². The average molecular weight is 276 g/mol. The molecule has 0 radical (unpaired) electrons. The van der Waals surface area contributed by atoms with Gasteiger partial charge in [-0.3, -0.25) is 0 Å². The molecule has 0 aromatic carbocycles. The van der Waals surface area contributed by atoms with Gasteiger partial charge in [0.2, 0.25) is 10.0 Å². The van der Waals surface area contributed by atoms with Crippen LogP contribution in [-0.2, 0) is 10.0 Å². The third-order valence-electron chi connectivity index (χ3n) is 4.03. The summed E-state index contributed by atoms with van der Waals surface area (Å²) in [4.78, 5) is 0. The molecule has 1 saturated heterocycles. The molecule has 18 heavy (non-hydrogen) atoms. The molecule has 1 aliphatic heterocycles. The molecule has 2 rings (SSSR count). The first-order valence-electron chi connectivity index (χ1n) is 6.79. The molecule has 5 nitrogen and oxygen atoms in total. The Labute approximate surface area is 110 Å². The Balaban J connectivity index is 1.66. The summed E-state index contributed by atoms with van der Waals surface area (Å²) >= 11 is 0. The van der Waals surface area contributed by atoms with Crippen LogP contribution < -0.4 is 5.32 Å². The Bertz CT molecular complexity index is 366. The number of aliphatic hydroxyl groups is 1. The number of sulfonamides is 1. The van der Waals surface area contributed by atoms with Gasteiger partial charge in [0.1, 0.15) is 0 Å². The number of hydrogen-bond acceptors (Lipinski definition) is 4. The van der Waals surface area contributed by atoms with Crippen molar-refractivity contribution in [3.63, 3.8) is 0 Å². The summed E-state index contributed by atoms with van der Waals surface area (Å²) in [5, 5.41) is 12.6. The number of nitrogens with zero attached hydrogens (tertiary/aromatic N) is 1. The van der Waals surface area contributed by atoms with Crippen LogP contribution in [0.5, 0.6) is 0 Å². The van der Waals surface area contributed by atoms with Crippen molar-refractivity contribution < 1.29 is 13.5 Å². The quantitative estimate of drug-likeness (QED) is 0.743. The lowest BCUT2D eigenvalue weighted by Crippen LogP contribution is -2.44. The second-order valence-corrected chi connectivity index (χ2v) is 7.76. The molecule has 1 atom stereocenters. The summed E-state index contributed by atoms with van der Waals surface area (Å²) in [6, 6.07) is 0. The van der Waals surface area contributed by atoms with E-state index in [0.717, 1.165) is 38.8 Å². The van der Waals surface area contributed by atoms with E-state index in [2.05, 4.69) is 5.32 Å². The minimum atomic E-state index is -3.03. The fraction of sp³-hybridized carbons (Fsp3) is 1.00. The molecule has 1 aliphatic carbocycles. The van der Waals surface area contributed by atoms with E-state index >= 15 is 0 Å². The molecule has 0 bridgehead atoms. The van der Waals surface area contributed by atoms with E-state index in [1.54, 1.807) is 4.31 Å². The average Bonchev–Trinajstić information content (AvgIpc) is 2.26. The van der Waals surface area contributed by atoms with Gasteiger partial charge in [-0.2, -0.15) is 0 Å². The molecule has 1 heterocycles. The van der Waals surface area contributed by atoms with Crippen molar-refractivity contribution in [3.05, 3.63) is 0 Å². The Morgan fingerprint density at radius 3 is 2.56 bits per heavy atom. The van der Waals surface area contributed by atoms with Crippen LogP contribution >= 0.6 is 0 Å². The van der Waals surface area contributed by atoms with E-state index in [1.807, 2.05) is 0 Å². The van der Waals surface area contributed by atoms with Crippen molar-refractivity contribution in [1.29, 1.82) is 0 Å². The zero-order valence-electron chi connectivity index (χ0n) is 11.0. The molecule has 0 aromatic heterocycles. The van der Waals surface area contributed by atoms with E-state index in [-0.39, 0.29) is 6.10 Å². The fourth-order valence-electron chi connectivity index (χ4n) is 2.85. The number of nitrogens with one attached hydrogen (secondary N) is 1. The monoisotopic (exact) mass is 276 g/mol. The highest BCUT2D eigenvalue weighted by molar-refractivity contribution is 7.88. The van der Waals surface area contributed by atoms with Crippen LogP contribution in [0.25, 0.3) is 0 Å². The molecule has 0 spiro atoms. The Hall–Kier alpha value is -0.170. The highest BCUT2D eigenvalue weighted by Gasteiger charge is 2.28. The smallest absolute Gasteiger partial charge is 0.211 e. The van der Waals surface area contributed by atoms with Gasteiger partial charge in [0.25, 0.3) is 0 Å². The third-order valence-corrected chi connectivity index (χ3v) is 5.30. The fourth-order valence-corrected chi connectivity index (χ4v) is 3.80. The molecule has 1 unspecified atom stereocenters. The summed E-state index contributed by atoms with van der Waals surface area (Å²) in [6.07, 6.45) is 5.08. The molecule has 6 heteroatoms. The second-order valence-electron chi connectivity index (χ2n) is 5.78. The predicted molar refractivity (Wildman–Crippen MR) is 70.7 cm³/mol. The molecule has 2 fully saturated rings. The zero-order valence-corrected chi connectivity index (χ0v) is 11.8. The van der Waals surface area contributed by atoms with Crippen molar-refractivity contribution in [1.82, 2.24) is 9.62 Å². The maximum atomic E-state index is 11.5. The van der Waals surface area contributed by atoms with Crippen LogP contribution in [0, 0.1) is 11.8 Å². The van der Waals surface area contributed by atoms with Crippen molar-refractivity contribution >= 4 is 10.0 Å². The van der Waals surface area contributed by atoms with Gasteiger partial charge in [-0.15, -0.1) is 0 Å². The van der Waals surface area contributed by atoms with Gasteiger partial charge >= 0.3 is 0 Å². The summed E-state index contributed by atoms with van der Waals surface area (Å²) < 4.78 is 24.6. The molecule has 1 saturated carbocycles. The lowest BCUT2D eigenvalue weighted by molar-refractivity contribution is 0.0424.